The molecule has 0 radical (unpaired) electrons. The Labute approximate surface area is 121 Å². The van der Waals surface area contributed by atoms with Gasteiger partial charge in [0.05, 0.1) is 0 Å². The molecule has 0 saturated carbocycles. The van der Waals surface area contributed by atoms with Crippen LogP contribution in [0.3, 0.4) is 0 Å². The Morgan fingerprint density at radius 2 is 2.05 bits per heavy atom. The van der Waals surface area contributed by atoms with Crippen LogP contribution in [0.5, 0.6) is 5.75 Å². The molecule has 1 rings (SSSR count). The quantitative estimate of drug-likeness (QED) is 0.863. The molecule has 2 nitrogen and oxygen atoms in total. The maximum Gasteiger partial charge on any atom is 0.127 e. The maximum absolute atomic E-state index is 5.89. The number of para-hydroxylation sites is 1. The average molecular weight is 282 g/mol. The van der Waals surface area contributed by atoms with Crippen LogP contribution in [0, 0.1) is 6.92 Å². The zero-order chi connectivity index (χ0) is 14.5. The van der Waals surface area contributed by atoms with Crippen LogP contribution < -0.4 is 10.1 Å². The normalized spacial score (nSPS) is 12.6. The summed E-state index contributed by atoms with van der Waals surface area (Å²) in [5, 5.41) is 3.49. The number of ether oxygens (including phenoxy) is 1. The first-order valence-electron chi connectivity index (χ1n) is 6.55. The van der Waals surface area contributed by atoms with Crippen LogP contribution in [0.4, 0.5) is 0 Å². The lowest BCUT2D eigenvalue weighted by Gasteiger charge is -2.22. The minimum atomic E-state index is 0.0903. The summed E-state index contributed by atoms with van der Waals surface area (Å²) in [6, 6.07) is 6.22. The van der Waals surface area contributed by atoms with Crippen molar-refractivity contribution in [2.75, 3.05) is 6.61 Å². The molecule has 1 aromatic carbocycles. The number of halogens is 1. The third-order valence-corrected chi connectivity index (χ3v) is 3.11. The van der Waals surface area contributed by atoms with Crippen LogP contribution in [0.2, 0.25) is 0 Å². The van der Waals surface area contributed by atoms with Crippen molar-refractivity contribution in [3.8, 4) is 5.75 Å². The van der Waals surface area contributed by atoms with E-state index >= 15 is 0 Å². The summed E-state index contributed by atoms with van der Waals surface area (Å²) in [6.07, 6.45) is 0. The molecule has 0 saturated heterocycles. The second-order valence-electron chi connectivity index (χ2n) is 5.91. The van der Waals surface area contributed by atoms with Gasteiger partial charge in [0.2, 0.25) is 0 Å². The predicted molar refractivity (Wildman–Crippen MR) is 82.9 cm³/mol. The van der Waals surface area contributed by atoms with Gasteiger partial charge >= 0.3 is 0 Å². The lowest BCUT2D eigenvalue weighted by molar-refractivity contribution is 0.341. The number of rotatable bonds is 5. The van der Waals surface area contributed by atoms with Gasteiger partial charge in [0.1, 0.15) is 12.4 Å². The fraction of sp³-hybridized carbons (Fsp3) is 0.500. The smallest absolute Gasteiger partial charge is 0.127 e. The molecular formula is C16H24ClNO. The summed E-state index contributed by atoms with van der Waals surface area (Å²) in [4.78, 5) is 0. The summed E-state index contributed by atoms with van der Waals surface area (Å²) < 4.78 is 5.89. The number of benzene rings is 1. The minimum Gasteiger partial charge on any atom is -0.489 e. The second kappa shape index (κ2) is 6.97. The molecule has 1 aromatic rings. The molecule has 1 N–H and O–H groups in total. The van der Waals surface area contributed by atoms with E-state index in [4.69, 9.17) is 16.3 Å². The van der Waals surface area contributed by atoms with E-state index in [1.165, 1.54) is 5.56 Å². The zero-order valence-electron chi connectivity index (χ0n) is 12.5. The molecule has 0 bridgehead atoms. The first kappa shape index (κ1) is 16.1. The van der Waals surface area contributed by atoms with E-state index in [2.05, 4.69) is 51.2 Å². The lowest BCUT2D eigenvalue weighted by Crippen LogP contribution is -2.35. The van der Waals surface area contributed by atoms with E-state index in [9.17, 15) is 0 Å². The highest BCUT2D eigenvalue weighted by Crippen LogP contribution is 2.24. The van der Waals surface area contributed by atoms with Crippen molar-refractivity contribution in [1.29, 1.82) is 0 Å². The van der Waals surface area contributed by atoms with Crippen LogP contribution in [0.25, 0.3) is 0 Å². The SMILES string of the molecule is C/C(=C/Cl)COc1c(C)cccc1CNC(C)(C)C. The first-order valence-corrected chi connectivity index (χ1v) is 6.99. The molecule has 0 heterocycles. The minimum absolute atomic E-state index is 0.0903. The van der Waals surface area contributed by atoms with E-state index in [0.717, 1.165) is 23.4 Å². The molecule has 0 spiro atoms. The molecule has 0 aliphatic carbocycles. The Bertz CT molecular complexity index is 447. The molecule has 0 aliphatic rings. The van der Waals surface area contributed by atoms with Crippen molar-refractivity contribution in [2.45, 2.75) is 46.7 Å². The van der Waals surface area contributed by atoms with Crippen LogP contribution >= 0.6 is 11.6 Å². The molecule has 3 heteroatoms. The first-order chi connectivity index (χ1) is 8.83. The van der Waals surface area contributed by atoms with E-state index < -0.39 is 0 Å². The van der Waals surface area contributed by atoms with Crippen molar-refractivity contribution in [3.63, 3.8) is 0 Å². The molecule has 0 unspecified atom stereocenters. The summed E-state index contributed by atoms with van der Waals surface area (Å²) in [5.74, 6) is 0.956. The van der Waals surface area contributed by atoms with Gasteiger partial charge in [0.25, 0.3) is 0 Å². The van der Waals surface area contributed by atoms with E-state index in [-0.39, 0.29) is 5.54 Å². The highest BCUT2D eigenvalue weighted by Gasteiger charge is 2.12. The largest absolute Gasteiger partial charge is 0.489 e. The summed E-state index contributed by atoms with van der Waals surface area (Å²) >= 11 is 5.66. The Morgan fingerprint density at radius 3 is 2.63 bits per heavy atom. The topological polar surface area (TPSA) is 21.3 Å². The Kier molecular flexibility index (Phi) is 5.89. The standard InChI is InChI=1S/C16H24ClNO/c1-12(9-17)11-19-15-13(2)7-6-8-14(15)10-18-16(3,4)5/h6-9,18H,10-11H2,1-5H3/b12-9-. The van der Waals surface area contributed by atoms with Crippen LogP contribution in [0.15, 0.2) is 29.3 Å². The van der Waals surface area contributed by atoms with E-state index in [0.29, 0.717) is 6.61 Å². The number of nitrogens with one attached hydrogen (secondary N) is 1. The van der Waals surface area contributed by atoms with E-state index in [1.807, 2.05) is 6.92 Å². The molecule has 106 valence electrons. The van der Waals surface area contributed by atoms with Gasteiger partial charge in [-0.15, -0.1) is 0 Å². The highest BCUT2D eigenvalue weighted by molar-refractivity contribution is 6.25. The van der Waals surface area contributed by atoms with Gasteiger partial charge in [0.15, 0.2) is 0 Å². The van der Waals surface area contributed by atoms with Crippen LogP contribution in [0.1, 0.15) is 38.8 Å². The fourth-order valence-electron chi connectivity index (χ4n) is 1.64. The summed E-state index contributed by atoms with van der Waals surface area (Å²) in [7, 11) is 0. The van der Waals surface area contributed by atoms with Crippen molar-refractivity contribution < 1.29 is 4.74 Å². The van der Waals surface area contributed by atoms with Gasteiger partial charge in [-0.25, -0.2) is 0 Å². The van der Waals surface area contributed by atoms with Crippen molar-refractivity contribution in [1.82, 2.24) is 5.32 Å². The summed E-state index contributed by atoms with van der Waals surface area (Å²) in [6.45, 7) is 11.8. The molecule has 0 aliphatic heterocycles. The van der Waals surface area contributed by atoms with Crippen molar-refractivity contribution >= 4 is 11.6 Å². The highest BCUT2D eigenvalue weighted by atomic mass is 35.5. The lowest BCUT2D eigenvalue weighted by atomic mass is 10.1. The van der Waals surface area contributed by atoms with Gasteiger partial charge in [-0.05, 0) is 45.8 Å². The third kappa shape index (κ3) is 5.66. The Hall–Kier alpha value is -0.990. The van der Waals surface area contributed by atoms with Crippen molar-refractivity contribution in [3.05, 3.63) is 40.4 Å². The second-order valence-corrected chi connectivity index (χ2v) is 6.13. The molecule has 19 heavy (non-hydrogen) atoms. The Balaban J connectivity index is 2.83. The fourth-order valence-corrected chi connectivity index (χ4v) is 1.70. The molecule has 0 aromatic heterocycles. The third-order valence-electron chi connectivity index (χ3n) is 2.73. The summed E-state index contributed by atoms with van der Waals surface area (Å²) in [5.41, 5.74) is 4.99. The molecular weight excluding hydrogens is 258 g/mol. The molecule has 0 amide bonds. The molecule has 0 fully saturated rings. The molecule has 0 atom stereocenters. The van der Waals surface area contributed by atoms with Gasteiger partial charge in [-0.2, -0.15) is 0 Å². The number of aryl methyl sites for hydroxylation is 1. The van der Waals surface area contributed by atoms with Gasteiger partial charge < -0.3 is 10.1 Å². The predicted octanol–water partition coefficient (Wildman–Crippen LogP) is 4.40. The van der Waals surface area contributed by atoms with E-state index in [1.54, 1.807) is 5.54 Å². The van der Waals surface area contributed by atoms with Gasteiger partial charge in [-0.1, -0.05) is 29.8 Å². The zero-order valence-corrected chi connectivity index (χ0v) is 13.3. The Morgan fingerprint density at radius 1 is 1.37 bits per heavy atom. The average Bonchev–Trinajstić information content (AvgIpc) is 2.33. The van der Waals surface area contributed by atoms with Gasteiger partial charge in [0, 0.05) is 23.2 Å². The number of hydrogen-bond acceptors (Lipinski definition) is 2. The van der Waals surface area contributed by atoms with Crippen LogP contribution in [-0.4, -0.2) is 12.1 Å². The maximum atomic E-state index is 5.89. The number of hydrogen-bond donors (Lipinski definition) is 1. The monoisotopic (exact) mass is 281 g/mol. The van der Waals surface area contributed by atoms with Crippen LogP contribution in [-0.2, 0) is 6.54 Å². The van der Waals surface area contributed by atoms with Gasteiger partial charge in [-0.3, -0.25) is 0 Å². The van der Waals surface area contributed by atoms with Crippen molar-refractivity contribution in [2.24, 2.45) is 0 Å².